The molecule has 0 radical (unpaired) electrons. The van der Waals surface area contributed by atoms with Crippen LogP contribution in [0.25, 0.3) is 10.8 Å². The summed E-state index contributed by atoms with van der Waals surface area (Å²) in [7, 11) is 2.17. The molecule has 1 heterocycles. The molecule has 2 aromatic rings. The number of hydrogen-bond acceptors (Lipinski definition) is 3. The predicted molar refractivity (Wildman–Crippen MR) is 87.7 cm³/mol. The summed E-state index contributed by atoms with van der Waals surface area (Å²) in [4.78, 5) is 2.37. The van der Waals surface area contributed by atoms with Crippen LogP contribution in [0.15, 0.2) is 36.4 Å². The fraction of sp³-hybridized carbons (Fsp3) is 0.444. The van der Waals surface area contributed by atoms with Crippen molar-refractivity contribution < 1.29 is 5.11 Å². The predicted octanol–water partition coefficient (Wildman–Crippen LogP) is 3.29. The Morgan fingerprint density at radius 2 is 2.05 bits per heavy atom. The summed E-state index contributed by atoms with van der Waals surface area (Å²) >= 11 is 0. The lowest BCUT2D eigenvalue weighted by Crippen LogP contribution is -2.44. The van der Waals surface area contributed by atoms with Crippen LogP contribution in [0.1, 0.15) is 31.4 Å². The average molecular weight is 284 g/mol. The van der Waals surface area contributed by atoms with Crippen LogP contribution in [0.2, 0.25) is 0 Å². The molecule has 0 spiro atoms. The first kappa shape index (κ1) is 14.4. The Bertz CT molecular complexity index is 626. The third kappa shape index (κ3) is 3.04. The van der Waals surface area contributed by atoms with Crippen molar-refractivity contribution in [2.45, 2.75) is 31.8 Å². The van der Waals surface area contributed by atoms with E-state index in [1.165, 1.54) is 19.4 Å². The molecule has 2 unspecified atom stereocenters. The normalized spacial score (nSPS) is 21.5. The number of phenols is 1. The maximum Gasteiger partial charge on any atom is 0.128 e. The summed E-state index contributed by atoms with van der Waals surface area (Å²) < 4.78 is 0. The zero-order valence-corrected chi connectivity index (χ0v) is 12.8. The van der Waals surface area contributed by atoms with Gasteiger partial charge in [0, 0.05) is 29.6 Å². The third-order valence-corrected chi connectivity index (χ3v) is 4.51. The monoisotopic (exact) mass is 284 g/mol. The molecule has 2 N–H and O–H groups in total. The van der Waals surface area contributed by atoms with Crippen LogP contribution in [0.4, 0.5) is 0 Å². The number of likely N-dealkylation sites (tertiary alicyclic amines) is 1. The van der Waals surface area contributed by atoms with Crippen LogP contribution in [0.5, 0.6) is 5.75 Å². The minimum Gasteiger partial charge on any atom is -0.507 e. The summed E-state index contributed by atoms with van der Waals surface area (Å²) in [6.07, 6.45) is 2.45. The topological polar surface area (TPSA) is 35.5 Å². The van der Waals surface area contributed by atoms with Gasteiger partial charge in [-0.15, -0.1) is 0 Å². The number of piperidine rings is 1. The van der Waals surface area contributed by atoms with Gasteiger partial charge in [-0.25, -0.2) is 0 Å². The molecule has 2 aromatic carbocycles. The van der Waals surface area contributed by atoms with E-state index in [9.17, 15) is 5.11 Å². The molecule has 0 amide bonds. The van der Waals surface area contributed by atoms with Gasteiger partial charge in [0.1, 0.15) is 5.75 Å². The second-order valence-corrected chi connectivity index (χ2v) is 6.21. The van der Waals surface area contributed by atoms with Gasteiger partial charge < -0.3 is 15.3 Å². The van der Waals surface area contributed by atoms with E-state index in [1.807, 2.05) is 30.3 Å². The molecule has 0 bridgehead atoms. The highest BCUT2D eigenvalue weighted by atomic mass is 16.3. The fourth-order valence-corrected chi connectivity index (χ4v) is 3.37. The summed E-state index contributed by atoms with van der Waals surface area (Å²) in [6, 6.07) is 12.8. The molecule has 0 aromatic heterocycles. The van der Waals surface area contributed by atoms with Crippen molar-refractivity contribution >= 4 is 10.8 Å². The highest BCUT2D eigenvalue weighted by Gasteiger charge is 2.21. The Morgan fingerprint density at radius 3 is 2.86 bits per heavy atom. The number of aromatic hydroxyl groups is 1. The van der Waals surface area contributed by atoms with E-state index in [2.05, 4.69) is 30.3 Å². The SMILES string of the molecule is CC(NC1CCCN(C)C1)c1ccc2ccccc2c1O. The molecule has 1 saturated heterocycles. The van der Waals surface area contributed by atoms with E-state index in [1.54, 1.807) is 0 Å². The maximum atomic E-state index is 10.6. The fourth-order valence-electron chi connectivity index (χ4n) is 3.37. The average Bonchev–Trinajstić information content (AvgIpc) is 2.48. The van der Waals surface area contributed by atoms with Gasteiger partial charge in [0.15, 0.2) is 0 Å². The molecule has 0 aliphatic carbocycles. The standard InChI is InChI=1S/C18H24N2O/c1-13(19-15-7-5-11-20(2)12-15)16-10-9-14-6-3-4-8-17(14)18(16)21/h3-4,6,8-10,13,15,19,21H,5,7,11-12H2,1-2H3. The van der Waals surface area contributed by atoms with Crippen molar-refractivity contribution in [3.05, 3.63) is 42.0 Å². The second kappa shape index (κ2) is 6.04. The number of nitrogens with one attached hydrogen (secondary N) is 1. The Balaban J connectivity index is 1.81. The number of phenolic OH excluding ortho intramolecular Hbond substituents is 1. The lowest BCUT2D eigenvalue weighted by Gasteiger charge is -2.32. The molecule has 1 aliphatic rings. The molecule has 3 heteroatoms. The largest absolute Gasteiger partial charge is 0.507 e. The highest BCUT2D eigenvalue weighted by Crippen LogP contribution is 2.32. The second-order valence-electron chi connectivity index (χ2n) is 6.21. The van der Waals surface area contributed by atoms with Gasteiger partial charge in [0.05, 0.1) is 0 Å². The van der Waals surface area contributed by atoms with Crippen LogP contribution < -0.4 is 5.32 Å². The Kier molecular flexibility index (Phi) is 4.13. The van der Waals surface area contributed by atoms with E-state index in [0.29, 0.717) is 11.8 Å². The molecule has 0 saturated carbocycles. The first-order chi connectivity index (χ1) is 10.1. The van der Waals surface area contributed by atoms with E-state index in [0.717, 1.165) is 22.9 Å². The van der Waals surface area contributed by atoms with Gasteiger partial charge in [-0.1, -0.05) is 36.4 Å². The number of benzene rings is 2. The minimum absolute atomic E-state index is 0.158. The minimum atomic E-state index is 0.158. The van der Waals surface area contributed by atoms with Crippen molar-refractivity contribution in [2.75, 3.05) is 20.1 Å². The van der Waals surface area contributed by atoms with Crippen molar-refractivity contribution in [3.8, 4) is 5.75 Å². The molecule has 2 atom stereocenters. The molecular formula is C18H24N2O. The summed E-state index contributed by atoms with van der Waals surface area (Å²) in [5.41, 5.74) is 0.988. The highest BCUT2D eigenvalue weighted by molar-refractivity contribution is 5.89. The van der Waals surface area contributed by atoms with Gasteiger partial charge >= 0.3 is 0 Å². The van der Waals surface area contributed by atoms with Gasteiger partial charge in [-0.2, -0.15) is 0 Å². The summed E-state index contributed by atoms with van der Waals surface area (Å²) in [5, 5.41) is 16.2. The number of hydrogen-bond donors (Lipinski definition) is 2. The molecular weight excluding hydrogens is 260 g/mol. The zero-order valence-electron chi connectivity index (χ0n) is 12.8. The maximum absolute atomic E-state index is 10.6. The van der Waals surface area contributed by atoms with Crippen LogP contribution >= 0.6 is 0 Å². The van der Waals surface area contributed by atoms with E-state index in [-0.39, 0.29) is 6.04 Å². The van der Waals surface area contributed by atoms with Crippen LogP contribution in [0.3, 0.4) is 0 Å². The van der Waals surface area contributed by atoms with E-state index >= 15 is 0 Å². The first-order valence-electron chi connectivity index (χ1n) is 7.80. The van der Waals surface area contributed by atoms with E-state index in [4.69, 9.17) is 0 Å². The lowest BCUT2D eigenvalue weighted by atomic mass is 9.99. The number of rotatable bonds is 3. The van der Waals surface area contributed by atoms with Crippen molar-refractivity contribution in [3.63, 3.8) is 0 Å². The molecule has 112 valence electrons. The molecule has 1 aliphatic heterocycles. The van der Waals surface area contributed by atoms with Crippen molar-refractivity contribution in [1.82, 2.24) is 10.2 Å². The number of likely N-dealkylation sites (N-methyl/N-ethyl adjacent to an activating group) is 1. The first-order valence-corrected chi connectivity index (χ1v) is 7.80. The van der Waals surface area contributed by atoms with Crippen molar-refractivity contribution in [2.24, 2.45) is 0 Å². The molecule has 3 nitrogen and oxygen atoms in total. The van der Waals surface area contributed by atoms with Gasteiger partial charge in [0.2, 0.25) is 0 Å². The Labute approximate surface area is 126 Å². The lowest BCUT2D eigenvalue weighted by molar-refractivity contribution is 0.218. The number of nitrogens with zero attached hydrogens (tertiary/aromatic N) is 1. The number of fused-ring (bicyclic) bond motifs is 1. The molecule has 3 rings (SSSR count). The Hall–Kier alpha value is -1.58. The smallest absolute Gasteiger partial charge is 0.128 e. The van der Waals surface area contributed by atoms with Crippen LogP contribution in [-0.4, -0.2) is 36.2 Å². The Morgan fingerprint density at radius 1 is 1.24 bits per heavy atom. The zero-order chi connectivity index (χ0) is 14.8. The van der Waals surface area contributed by atoms with Crippen LogP contribution in [-0.2, 0) is 0 Å². The molecule has 1 fully saturated rings. The summed E-state index contributed by atoms with van der Waals surface area (Å²) in [5.74, 6) is 0.414. The summed E-state index contributed by atoms with van der Waals surface area (Å²) in [6.45, 7) is 4.41. The van der Waals surface area contributed by atoms with Gasteiger partial charge in [-0.05, 0) is 38.7 Å². The quantitative estimate of drug-likeness (QED) is 0.908. The van der Waals surface area contributed by atoms with E-state index < -0.39 is 0 Å². The van der Waals surface area contributed by atoms with Gasteiger partial charge in [0.25, 0.3) is 0 Å². The van der Waals surface area contributed by atoms with Crippen molar-refractivity contribution in [1.29, 1.82) is 0 Å². The van der Waals surface area contributed by atoms with Gasteiger partial charge in [-0.3, -0.25) is 0 Å². The third-order valence-electron chi connectivity index (χ3n) is 4.51. The van der Waals surface area contributed by atoms with Crippen LogP contribution in [0, 0.1) is 0 Å². The molecule has 21 heavy (non-hydrogen) atoms.